The Morgan fingerprint density at radius 1 is 0.778 bits per heavy atom. The van der Waals surface area contributed by atoms with Crippen LogP contribution in [0.2, 0.25) is 5.02 Å². The number of benzene rings is 3. The van der Waals surface area contributed by atoms with Gasteiger partial charge in [-0.2, -0.15) is 0 Å². The number of carbonyl (C=O) groups excluding carboxylic acids is 2. The highest BCUT2D eigenvalue weighted by Gasteiger charge is 2.13. The molecule has 0 spiro atoms. The van der Waals surface area contributed by atoms with E-state index >= 15 is 0 Å². The van der Waals surface area contributed by atoms with Crippen molar-refractivity contribution in [3.63, 3.8) is 0 Å². The molecule has 1 atom stereocenters. The van der Waals surface area contributed by atoms with E-state index in [0.717, 1.165) is 5.56 Å². The van der Waals surface area contributed by atoms with Crippen molar-refractivity contribution in [2.75, 3.05) is 5.32 Å². The fourth-order valence-corrected chi connectivity index (χ4v) is 2.82. The van der Waals surface area contributed by atoms with Gasteiger partial charge >= 0.3 is 0 Å². The molecule has 0 radical (unpaired) electrons. The lowest BCUT2D eigenvalue weighted by molar-refractivity contribution is 0.0938. The zero-order chi connectivity index (χ0) is 19.2. The molecule has 0 saturated carbocycles. The van der Waals surface area contributed by atoms with Gasteiger partial charge in [0, 0.05) is 11.1 Å². The van der Waals surface area contributed by atoms with Crippen molar-refractivity contribution in [2.45, 2.75) is 13.0 Å². The Morgan fingerprint density at radius 3 is 1.96 bits per heavy atom. The Hall–Kier alpha value is -3.11. The van der Waals surface area contributed by atoms with Crippen LogP contribution in [0.25, 0.3) is 0 Å². The molecule has 27 heavy (non-hydrogen) atoms. The summed E-state index contributed by atoms with van der Waals surface area (Å²) in [5.41, 5.74) is 2.51. The summed E-state index contributed by atoms with van der Waals surface area (Å²) < 4.78 is 0. The second kappa shape index (κ2) is 8.52. The second-order valence-corrected chi connectivity index (χ2v) is 6.52. The molecule has 0 aliphatic carbocycles. The second-order valence-electron chi connectivity index (χ2n) is 6.12. The number of nitrogens with one attached hydrogen (secondary N) is 2. The molecule has 3 aromatic rings. The molecule has 0 aliphatic rings. The SMILES string of the molecule is CC(NC(=O)c1ccc(C(=O)Nc2ccccc2Cl)cc1)c1ccccc1. The molecule has 2 N–H and O–H groups in total. The summed E-state index contributed by atoms with van der Waals surface area (Å²) in [4.78, 5) is 24.8. The van der Waals surface area contributed by atoms with Gasteiger partial charge in [0.15, 0.2) is 0 Å². The van der Waals surface area contributed by atoms with Crippen molar-refractivity contribution >= 4 is 29.1 Å². The summed E-state index contributed by atoms with van der Waals surface area (Å²) in [6.45, 7) is 1.93. The Bertz CT molecular complexity index is 940. The number of para-hydroxylation sites is 1. The fraction of sp³-hybridized carbons (Fsp3) is 0.0909. The lowest BCUT2D eigenvalue weighted by atomic mass is 10.1. The zero-order valence-corrected chi connectivity index (χ0v) is 15.5. The first kappa shape index (κ1) is 18.7. The highest BCUT2D eigenvalue weighted by molar-refractivity contribution is 6.33. The van der Waals surface area contributed by atoms with Crippen LogP contribution in [0.5, 0.6) is 0 Å². The van der Waals surface area contributed by atoms with Crippen LogP contribution < -0.4 is 10.6 Å². The van der Waals surface area contributed by atoms with Crippen LogP contribution in [-0.4, -0.2) is 11.8 Å². The van der Waals surface area contributed by atoms with Gasteiger partial charge in [-0.25, -0.2) is 0 Å². The van der Waals surface area contributed by atoms with E-state index in [-0.39, 0.29) is 17.9 Å². The number of hydrogen-bond donors (Lipinski definition) is 2. The molecule has 4 nitrogen and oxygen atoms in total. The first-order valence-electron chi connectivity index (χ1n) is 8.56. The molecule has 0 aliphatic heterocycles. The molecule has 0 saturated heterocycles. The molecule has 136 valence electrons. The van der Waals surface area contributed by atoms with Gasteiger partial charge in [0.2, 0.25) is 0 Å². The fourth-order valence-electron chi connectivity index (χ4n) is 2.64. The summed E-state index contributed by atoms with van der Waals surface area (Å²) in [5.74, 6) is -0.475. The maximum absolute atomic E-state index is 12.4. The van der Waals surface area contributed by atoms with Gasteiger partial charge in [-0.05, 0) is 48.9 Å². The van der Waals surface area contributed by atoms with E-state index < -0.39 is 0 Å². The Kier molecular flexibility index (Phi) is 5.89. The highest BCUT2D eigenvalue weighted by Crippen LogP contribution is 2.21. The van der Waals surface area contributed by atoms with Gasteiger partial charge in [-0.15, -0.1) is 0 Å². The number of rotatable bonds is 5. The lowest BCUT2D eigenvalue weighted by Gasteiger charge is -2.14. The first-order chi connectivity index (χ1) is 13.0. The Balaban J connectivity index is 1.65. The van der Waals surface area contributed by atoms with Crippen molar-refractivity contribution in [2.24, 2.45) is 0 Å². The molecule has 3 aromatic carbocycles. The maximum Gasteiger partial charge on any atom is 0.255 e. The predicted octanol–water partition coefficient (Wildman–Crippen LogP) is 5.08. The van der Waals surface area contributed by atoms with Crippen LogP contribution in [0.15, 0.2) is 78.9 Å². The number of amides is 2. The standard InChI is InChI=1S/C22H19ClN2O2/c1-15(16-7-3-2-4-8-16)24-21(26)17-11-13-18(14-12-17)22(27)25-20-10-6-5-9-19(20)23/h2-15H,1H3,(H,24,26)(H,25,27). The van der Waals surface area contributed by atoms with Crippen molar-refractivity contribution < 1.29 is 9.59 Å². The predicted molar refractivity (Wildman–Crippen MR) is 108 cm³/mol. The van der Waals surface area contributed by atoms with Crippen molar-refractivity contribution in [1.29, 1.82) is 0 Å². The van der Waals surface area contributed by atoms with Crippen LogP contribution in [0.4, 0.5) is 5.69 Å². The lowest BCUT2D eigenvalue weighted by Crippen LogP contribution is -2.26. The third kappa shape index (κ3) is 4.74. The van der Waals surface area contributed by atoms with E-state index in [4.69, 9.17) is 11.6 Å². The quantitative estimate of drug-likeness (QED) is 0.650. The molecule has 0 fully saturated rings. The average Bonchev–Trinajstić information content (AvgIpc) is 2.70. The van der Waals surface area contributed by atoms with Crippen molar-refractivity contribution in [1.82, 2.24) is 5.32 Å². The van der Waals surface area contributed by atoms with Crippen LogP contribution in [-0.2, 0) is 0 Å². The third-order valence-corrected chi connectivity index (χ3v) is 4.51. The number of hydrogen-bond acceptors (Lipinski definition) is 2. The number of halogens is 1. The van der Waals surface area contributed by atoms with Gasteiger partial charge in [-0.3, -0.25) is 9.59 Å². The normalized spacial score (nSPS) is 11.5. The molecule has 3 rings (SSSR count). The topological polar surface area (TPSA) is 58.2 Å². The molecule has 0 aromatic heterocycles. The molecule has 2 amide bonds. The summed E-state index contributed by atoms with van der Waals surface area (Å²) in [5, 5.41) is 6.18. The summed E-state index contributed by atoms with van der Waals surface area (Å²) in [6.07, 6.45) is 0. The third-order valence-electron chi connectivity index (χ3n) is 4.18. The van der Waals surface area contributed by atoms with E-state index in [1.807, 2.05) is 37.3 Å². The van der Waals surface area contributed by atoms with Gasteiger partial charge in [0.25, 0.3) is 11.8 Å². The van der Waals surface area contributed by atoms with Crippen LogP contribution in [0.1, 0.15) is 39.2 Å². The van der Waals surface area contributed by atoms with Crippen LogP contribution >= 0.6 is 11.6 Å². The highest BCUT2D eigenvalue weighted by atomic mass is 35.5. The molecular formula is C22H19ClN2O2. The van der Waals surface area contributed by atoms with Gasteiger partial charge in [-0.1, -0.05) is 54.1 Å². The van der Waals surface area contributed by atoms with E-state index in [1.165, 1.54) is 0 Å². The molecule has 0 heterocycles. The van der Waals surface area contributed by atoms with E-state index in [2.05, 4.69) is 10.6 Å². The summed E-state index contributed by atoms with van der Waals surface area (Å²) in [6, 6.07) is 23.2. The molecule has 5 heteroatoms. The van der Waals surface area contributed by atoms with Gasteiger partial charge < -0.3 is 10.6 Å². The molecule has 1 unspecified atom stereocenters. The molecule has 0 bridgehead atoms. The Labute approximate surface area is 163 Å². The van der Waals surface area contributed by atoms with Gasteiger partial charge in [0.1, 0.15) is 0 Å². The minimum Gasteiger partial charge on any atom is -0.346 e. The van der Waals surface area contributed by atoms with Crippen LogP contribution in [0, 0.1) is 0 Å². The van der Waals surface area contributed by atoms with Gasteiger partial charge in [0.05, 0.1) is 16.8 Å². The van der Waals surface area contributed by atoms with Crippen molar-refractivity contribution in [3.8, 4) is 0 Å². The summed E-state index contributed by atoms with van der Waals surface area (Å²) >= 11 is 6.05. The van der Waals surface area contributed by atoms with E-state index in [9.17, 15) is 9.59 Å². The minimum absolute atomic E-state index is 0.109. The monoisotopic (exact) mass is 378 g/mol. The van der Waals surface area contributed by atoms with Crippen LogP contribution in [0.3, 0.4) is 0 Å². The molecular weight excluding hydrogens is 360 g/mol. The average molecular weight is 379 g/mol. The zero-order valence-electron chi connectivity index (χ0n) is 14.8. The van der Waals surface area contributed by atoms with Crippen molar-refractivity contribution in [3.05, 3.63) is 101 Å². The number of carbonyl (C=O) groups is 2. The van der Waals surface area contributed by atoms with E-state index in [0.29, 0.717) is 21.8 Å². The minimum atomic E-state index is -0.285. The number of anilines is 1. The first-order valence-corrected chi connectivity index (χ1v) is 8.94. The van der Waals surface area contributed by atoms with E-state index in [1.54, 1.807) is 48.5 Å². The summed E-state index contributed by atoms with van der Waals surface area (Å²) in [7, 11) is 0. The maximum atomic E-state index is 12.4. The smallest absolute Gasteiger partial charge is 0.255 e. The Morgan fingerprint density at radius 2 is 1.33 bits per heavy atom. The largest absolute Gasteiger partial charge is 0.346 e.